The molecule has 1 atom stereocenters. The van der Waals surface area contributed by atoms with E-state index in [-0.39, 0.29) is 17.7 Å². The van der Waals surface area contributed by atoms with Crippen molar-refractivity contribution in [3.05, 3.63) is 71.8 Å². The smallest absolute Gasteiger partial charge is 0.251 e. The Labute approximate surface area is 152 Å². The molecule has 2 aromatic rings. The van der Waals surface area contributed by atoms with Crippen LogP contribution in [0.25, 0.3) is 6.08 Å². The molecule has 0 fully saturated rings. The number of carbonyl (C=O) groups is 3. The first-order valence-corrected chi connectivity index (χ1v) is 8.16. The fraction of sp³-hybridized carbons (Fsp3) is 0.150. The zero-order chi connectivity index (χ0) is 18.9. The van der Waals surface area contributed by atoms with Gasteiger partial charge in [-0.3, -0.25) is 14.4 Å². The molecule has 2 rings (SSSR count). The molecule has 0 aromatic heterocycles. The van der Waals surface area contributed by atoms with E-state index in [0.29, 0.717) is 11.3 Å². The summed E-state index contributed by atoms with van der Waals surface area (Å²) in [6.07, 6.45) is 3.06. The maximum atomic E-state index is 12.2. The summed E-state index contributed by atoms with van der Waals surface area (Å²) >= 11 is 0. The van der Waals surface area contributed by atoms with Crippen molar-refractivity contribution in [2.24, 2.45) is 0 Å². The van der Waals surface area contributed by atoms with Crippen molar-refractivity contribution in [2.45, 2.75) is 13.0 Å². The van der Waals surface area contributed by atoms with E-state index < -0.39 is 6.04 Å². The SMILES string of the molecule is CNC(=O)c1ccc(NC(=O)C(C)NC(=O)C=Cc2ccccc2)cc1. The first kappa shape index (κ1) is 18.9. The number of benzene rings is 2. The van der Waals surface area contributed by atoms with Crippen molar-refractivity contribution in [1.82, 2.24) is 10.6 Å². The first-order valence-electron chi connectivity index (χ1n) is 8.16. The van der Waals surface area contributed by atoms with E-state index in [1.54, 1.807) is 44.3 Å². The van der Waals surface area contributed by atoms with Gasteiger partial charge < -0.3 is 16.0 Å². The largest absolute Gasteiger partial charge is 0.355 e. The predicted octanol–water partition coefficient (Wildman–Crippen LogP) is 2.20. The Morgan fingerprint density at radius 2 is 1.62 bits per heavy atom. The van der Waals surface area contributed by atoms with Gasteiger partial charge in [-0.25, -0.2) is 0 Å². The monoisotopic (exact) mass is 351 g/mol. The van der Waals surface area contributed by atoms with Gasteiger partial charge in [0.05, 0.1) is 0 Å². The van der Waals surface area contributed by atoms with Crippen LogP contribution in [-0.2, 0) is 9.59 Å². The normalized spacial score (nSPS) is 11.6. The summed E-state index contributed by atoms with van der Waals surface area (Å²) in [6.45, 7) is 1.60. The van der Waals surface area contributed by atoms with Gasteiger partial charge in [-0.05, 0) is 42.8 Å². The molecule has 0 aliphatic heterocycles. The average Bonchev–Trinajstić information content (AvgIpc) is 2.67. The van der Waals surface area contributed by atoms with E-state index >= 15 is 0 Å². The minimum Gasteiger partial charge on any atom is -0.355 e. The van der Waals surface area contributed by atoms with Crippen molar-refractivity contribution in [3.63, 3.8) is 0 Å². The van der Waals surface area contributed by atoms with E-state index in [4.69, 9.17) is 0 Å². The van der Waals surface area contributed by atoms with E-state index in [1.807, 2.05) is 30.3 Å². The van der Waals surface area contributed by atoms with Crippen LogP contribution < -0.4 is 16.0 Å². The van der Waals surface area contributed by atoms with Crippen molar-refractivity contribution in [1.29, 1.82) is 0 Å². The van der Waals surface area contributed by atoms with Crippen LogP contribution >= 0.6 is 0 Å². The van der Waals surface area contributed by atoms with Crippen molar-refractivity contribution >= 4 is 29.5 Å². The molecule has 0 radical (unpaired) electrons. The van der Waals surface area contributed by atoms with Crippen LogP contribution in [-0.4, -0.2) is 30.8 Å². The molecule has 0 saturated heterocycles. The van der Waals surface area contributed by atoms with Crippen LogP contribution in [0.1, 0.15) is 22.8 Å². The van der Waals surface area contributed by atoms with Crippen molar-refractivity contribution in [3.8, 4) is 0 Å². The van der Waals surface area contributed by atoms with Gasteiger partial charge in [0.15, 0.2) is 0 Å². The topological polar surface area (TPSA) is 87.3 Å². The maximum absolute atomic E-state index is 12.2. The second-order valence-corrected chi connectivity index (χ2v) is 5.62. The fourth-order valence-electron chi connectivity index (χ4n) is 2.16. The second-order valence-electron chi connectivity index (χ2n) is 5.62. The Morgan fingerprint density at radius 3 is 2.23 bits per heavy atom. The Morgan fingerprint density at radius 1 is 0.962 bits per heavy atom. The number of amides is 3. The zero-order valence-electron chi connectivity index (χ0n) is 14.7. The Balaban J connectivity index is 1.87. The molecule has 6 heteroatoms. The van der Waals surface area contributed by atoms with Gasteiger partial charge >= 0.3 is 0 Å². The Bertz CT molecular complexity index is 799. The highest BCUT2D eigenvalue weighted by Crippen LogP contribution is 2.10. The number of rotatable bonds is 6. The van der Waals surface area contributed by atoms with Crippen molar-refractivity contribution in [2.75, 3.05) is 12.4 Å². The third-order valence-corrected chi connectivity index (χ3v) is 3.62. The number of carbonyl (C=O) groups excluding carboxylic acids is 3. The zero-order valence-corrected chi connectivity index (χ0v) is 14.7. The Hall–Kier alpha value is -3.41. The van der Waals surface area contributed by atoms with Crippen LogP contribution in [0.3, 0.4) is 0 Å². The summed E-state index contributed by atoms with van der Waals surface area (Å²) in [5, 5.41) is 7.83. The highest BCUT2D eigenvalue weighted by molar-refractivity contribution is 6.00. The molecule has 0 bridgehead atoms. The number of hydrogen-bond donors (Lipinski definition) is 3. The Kier molecular flexibility index (Phi) is 6.68. The summed E-state index contributed by atoms with van der Waals surface area (Å²) in [4.78, 5) is 35.6. The minimum atomic E-state index is -0.707. The molecule has 6 nitrogen and oxygen atoms in total. The molecule has 0 heterocycles. The first-order chi connectivity index (χ1) is 12.5. The van der Waals surface area contributed by atoms with Gasteiger partial charge in [0.25, 0.3) is 5.91 Å². The molecule has 0 aliphatic carbocycles. The van der Waals surface area contributed by atoms with Crippen LogP contribution in [0.15, 0.2) is 60.7 Å². The lowest BCUT2D eigenvalue weighted by Gasteiger charge is -2.13. The van der Waals surface area contributed by atoms with Crippen LogP contribution in [0.4, 0.5) is 5.69 Å². The molecule has 1 unspecified atom stereocenters. The minimum absolute atomic E-state index is 0.200. The summed E-state index contributed by atoms with van der Waals surface area (Å²) < 4.78 is 0. The predicted molar refractivity (Wildman–Crippen MR) is 102 cm³/mol. The molecule has 2 aromatic carbocycles. The summed E-state index contributed by atoms with van der Waals surface area (Å²) in [6, 6.07) is 15.2. The molecule has 0 aliphatic rings. The van der Waals surface area contributed by atoms with Gasteiger partial charge in [0, 0.05) is 24.4 Å². The lowest BCUT2D eigenvalue weighted by atomic mass is 10.2. The molecule has 26 heavy (non-hydrogen) atoms. The lowest BCUT2D eigenvalue weighted by Crippen LogP contribution is -2.40. The van der Waals surface area contributed by atoms with E-state index in [9.17, 15) is 14.4 Å². The van der Waals surface area contributed by atoms with Crippen LogP contribution in [0.2, 0.25) is 0 Å². The summed E-state index contributed by atoms with van der Waals surface area (Å²) in [7, 11) is 1.55. The van der Waals surface area contributed by atoms with E-state index in [2.05, 4.69) is 16.0 Å². The summed E-state index contributed by atoms with van der Waals surface area (Å²) in [5.74, 6) is -0.903. The van der Waals surface area contributed by atoms with Gasteiger partial charge in [-0.1, -0.05) is 30.3 Å². The van der Waals surface area contributed by atoms with Gasteiger partial charge in [0.2, 0.25) is 11.8 Å². The summed E-state index contributed by atoms with van der Waals surface area (Å²) in [5.41, 5.74) is 1.94. The number of hydrogen-bond acceptors (Lipinski definition) is 3. The molecular formula is C20H21N3O3. The molecule has 134 valence electrons. The van der Waals surface area contributed by atoms with Gasteiger partial charge in [0.1, 0.15) is 6.04 Å². The fourth-order valence-corrected chi connectivity index (χ4v) is 2.16. The van der Waals surface area contributed by atoms with Gasteiger partial charge in [-0.2, -0.15) is 0 Å². The number of nitrogens with one attached hydrogen (secondary N) is 3. The lowest BCUT2D eigenvalue weighted by molar-refractivity contribution is -0.123. The quantitative estimate of drug-likeness (QED) is 0.697. The second kappa shape index (κ2) is 9.17. The van der Waals surface area contributed by atoms with Crippen molar-refractivity contribution < 1.29 is 14.4 Å². The standard InChI is InChI=1S/C20H21N3O3/c1-14(22-18(24)13-8-15-6-4-3-5-7-15)19(25)23-17-11-9-16(10-12-17)20(26)21-2/h3-14H,1-2H3,(H,21,26)(H,22,24)(H,23,25). The molecule has 3 N–H and O–H groups in total. The molecule has 0 saturated carbocycles. The van der Waals surface area contributed by atoms with E-state index in [1.165, 1.54) is 6.08 Å². The molecular weight excluding hydrogens is 330 g/mol. The third kappa shape index (κ3) is 5.59. The van der Waals surface area contributed by atoms with Gasteiger partial charge in [-0.15, -0.1) is 0 Å². The maximum Gasteiger partial charge on any atom is 0.251 e. The molecule has 3 amide bonds. The highest BCUT2D eigenvalue weighted by atomic mass is 16.2. The highest BCUT2D eigenvalue weighted by Gasteiger charge is 2.14. The number of anilines is 1. The van der Waals surface area contributed by atoms with Crippen LogP contribution in [0, 0.1) is 0 Å². The molecule has 0 spiro atoms. The average molecular weight is 351 g/mol. The van der Waals surface area contributed by atoms with E-state index in [0.717, 1.165) is 5.56 Å². The third-order valence-electron chi connectivity index (χ3n) is 3.62. The van der Waals surface area contributed by atoms with Crippen LogP contribution in [0.5, 0.6) is 0 Å².